The summed E-state index contributed by atoms with van der Waals surface area (Å²) in [7, 11) is 4.42. The van der Waals surface area contributed by atoms with Crippen LogP contribution in [0.15, 0.2) is 50.1 Å². The van der Waals surface area contributed by atoms with E-state index in [4.69, 9.17) is 10.5 Å². The van der Waals surface area contributed by atoms with Gasteiger partial charge in [-0.05, 0) is 24.4 Å². The van der Waals surface area contributed by atoms with Gasteiger partial charge in [0.15, 0.2) is 5.84 Å². The average Bonchev–Trinajstić information content (AvgIpc) is 2.73. The van der Waals surface area contributed by atoms with Crippen LogP contribution in [-0.4, -0.2) is 58.4 Å². The maximum Gasteiger partial charge on any atom is 0.331 e. The van der Waals surface area contributed by atoms with Crippen LogP contribution >= 0.6 is 0 Å². The summed E-state index contributed by atoms with van der Waals surface area (Å²) < 4.78 is 6.95. The highest BCUT2D eigenvalue weighted by molar-refractivity contribution is 5.92. The summed E-state index contributed by atoms with van der Waals surface area (Å²) in [5.41, 5.74) is 4.09. The second-order valence-electron chi connectivity index (χ2n) is 6.49. The summed E-state index contributed by atoms with van der Waals surface area (Å²) in [6.45, 7) is 3.42. The molecule has 1 aromatic carbocycles. The van der Waals surface area contributed by atoms with Crippen molar-refractivity contribution in [3.63, 3.8) is 0 Å². The van der Waals surface area contributed by atoms with Crippen LogP contribution in [0.1, 0.15) is 22.0 Å². The zero-order valence-electron chi connectivity index (χ0n) is 17.0. The van der Waals surface area contributed by atoms with Gasteiger partial charge in [-0.25, -0.2) is 9.79 Å². The Hall–Kier alpha value is -3.73. The van der Waals surface area contributed by atoms with Crippen LogP contribution < -0.4 is 21.7 Å². The molecule has 0 saturated heterocycles. The number of nitrogens with zero attached hydrogens (tertiary/aromatic N) is 5. The number of amides is 1. The van der Waals surface area contributed by atoms with Gasteiger partial charge in [0, 0.05) is 20.3 Å². The lowest BCUT2D eigenvalue weighted by Crippen LogP contribution is -2.42. The Labute approximate surface area is 172 Å². The Morgan fingerprint density at radius 2 is 1.97 bits per heavy atom. The number of carbonyl (C=O) groups is 1. The fourth-order valence-corrected chi connectivity index (χ4v) is 2.69. The number of primary amides is 1. The van der Waals surface area contributed by atoms with Crippen LogP contribution in [0, 0.1) is 0 Å². The molecule has 0 aliphatic heterocycles. The third kappa shape index (κ3) is 5.20. The van der Waals surface area contributed by atoms with Gasteiger partial charge in [-0.1, -0.05) is 12.1 Å². The number of likely N-dealkylation sites (N-methyl/N-ethyl adjacent to an activating group) is 1. The number of aliphatic imine (C=N–C) groups is 1. The van der Waals surface area contributed by atoms with Crippen LogP contribution in [-0.2, 0) is 13.6 Å². The van der Waals surface area contributed by atoms with Crippen LogP contribution in [0.4, 0.5) is 0 Å². The number of aliphatic hydroxyl groups is 1. The lowest BCUT2D eigenvalue weighted by atomic mass is 10.1. The van der Waals surface area contributed by atoms with Crippen LogP contribution in [0.3, 0.4) is 0 Å². The molecule has 160 valence electrons. The first-order valence-corrected chi connectivity index (χ1v) is 8.85. The second kappa shape index (κ2) is 9.65. The minimum Gasteiger partial charge on any atom is -0.497 e. The summed E-state index contributed by atoms with van der Waals surface area (Å²) in [6.07, 6.45) is 0.234. The van der Waals surface area contributed by atoms with E-state index >= 15 is 0 Å². The quantitative estimate of drug-likeness (QED) is 0.332. The third-order valence-corrected chi connectivity index (χ3v) is 4.34. The van der Waals surface area contributed by atoms with E-state index in [1.54, 1.807) is 38.4 Å². The zero-order valence-corrected chi connectivity index (χ0v) is 17.0. The van der Waals surface area contributed by atoms with Gasteiger partial charge in [-0.2, -0.15) is 5.10 Å². The number of hydrogen-bond donors (Lipinski definition) is 2. The SMILES string of the molecule is C=N/C(Cn1cc(C(N)=O)c(=O)n(C)c1=O)=N\N(C)C[C@H](O)c1ccc(OC)cc1. The number of carbonyl (C=O) groups excluding carboxylic acids is 1. The highest BCUT2D eigenvalue weighted by Gasteiger charge is 2.15. The van der Waals surface area contributed by atoms with E-state index in [0.717, 1.165) is 15.3 Å². The lowest BCUT2D eigenvalue weighted by Gasteiger charge is -2.19. The second-order valence-corrected chi connectivity index (χ2v) is 6.49. The van der Waals surface area contributed by atoms with E-state index in [-0.39, 0.29) is 24.5 Å². The van der Waals surface area contributed by atoms with E-state index in [9.17, 15) is 19.5 Å². The number of rotatable bonds is 8. The van der Waals surface area contributed by atoms with Crippen molar-refractivity contribution in [3.05, 3.63) is 62.4 Å². The first-order chi connectivity index (χ1) is 14.2. The lowest BCUT2D eigenvalue weighted by molar-refractivity contribution is 0.0997. The number of hydrogen-bond acceptors (Lipinski definition) is 7. The van der Waals surface area contributed by atoms with Crippen LogP contribution in [0.5, 0.6) is 5.75 Å². The minimum absolute atomic E-state index is 0.135. The Bertz CT molecular complexity index is 1070. The maximum absolute atomic E-state index is 12.3. The van der Waals surface area contributed by atoms with Gasteiger partial charge in [0.25, 0.3) is 11.5 Å². The van der Waals surface area contributed by atoms with Crippen molar-refractivity contribution >= 4 is 18.5 Å². The van der Waals surface area contributed by atoms with Gasteiger partial charge in [0.1, 0.15) is 11.3 Å². The normalized spacial score (nSPS) is 12.3. The molecule has 0 radical (unpaired) electrons. The largest absolute Gasteiger partial charge is 0.497 e. The molecule has 0 saturated carbocycles. The first-order valence-electron chi connectivity index (χ1n) is 8.85. The van der Waals surface area contributed by atoms with Crippen molar-refractivity contribution in [2.45, 2.75) is 12.6 Å². The maximum atomic E-state index is 12.3. The number of ether oxygens (including phenoxy) is 1. The monoisotopic (exact) mass is 416 g/mol. The molecule has 0 unspecified atom stereocenters. The van der Waals surface area contributed by atoms with Crippen molar-refractivity contribution in [3.8, 4) is 5.75 Å². The summed E-state index contributed by atoms with van der Waals surface area (Å²) in [5.74, 6) is -0.141. The summed E-state index contributed by atoms with van der Waals surface area (Å²) >= 11 is 0. The molecule has 2 rings (SSSR count). The van der Waals surface area contributed by atoms with E-state index in [0.29, 0.717) is 11.3 Å². The van der Waals surface area contributed by atoms with Crippen molar-refractivity contribution in [2.24, 2.45) is 22.9 Å². The first kappa shape index (κ1) is 22.6. The molecule has 0 fully saturated rings. The Morgan fingerprint density at radius 1 is 1.33 bits per heavy atom. The third-order valence-electron chi connectivity index (χ3n) is 4.34. The molecular formula is C19H24N6O5. The van der Waals surface area contributed by atoms with Crippen LogP contribution in [0.25, 0.3) is 0 Å². The smallest absolute Gasteiger partial charge is 0.331 e. The number of aromatic nitrogens is 2. The van der Waals surface area contributed by atoms with Gasteiger partial charge >= 0.3 is 5.69 Å². The summed E-state index contributed by atoms with van der Waals surface area (Å²) in [6, 6.07) is 6.95. The fraction of sp³-hybridized carbons (Fsp3) is 0.316. The molecular weight excluding hydrogens is 392 g/mol. The number of amidine groups is 1. The molecule has 0 aliphatic rings. The number of nitrogens with two attached hydrogens (primary N) is 1. The van der Waals surface area contributed by atoms with E-state index in [1.807, 2.05) is 0 Å². The van der Waals surface area contributed by atoms with Gasteiger partial charge in [-0.15, -0.1) is 0 Å². The van der Waals surface area contributed by atoms with Crippen molar-refractivity contribution in [1.29, 1.82) is 0 Å². The fourth-order valence-electron chi connectivity index (χ4n) is 2.69. The summed E-state index contributed by atoms with van der Waals surface area (Å²) in [5, 5.41) is 16.1. The standard InChI is InChI=1S/C19H24N6O5/c1-21-16(11-25-9-14(17(20)27)18(28)24(3)19(25)29)22-23(2)10-15(26)12-5-7-13(30-4)8-6-12/h5-9,15,26H,1,10-11H2,2-4H3,(H2,20,27)/b22-16-/t15-/m0/s1. The Morgan fingerprint density at radius 3 is 2.50 bits per heavy atom. The van der Waals surface area contributed by atoms with Gasteiger partial charge in [-0.3, -0.25) is 23.7 Å². The predicted molar refractivity (Wildman–Crippen MR) is 112 cm³/mol. The van der Waals surface area contributed by atoms with Crippen molar-refractivity contribution in [2.75, 3.05) is 20.7 Å². The average molecular weight is 416 g/mol. The minimum atomic E-state index is -0.950. The topological polar surface area (TPSA) is 145 Å². The van der Waals surface area contributed by atoms with Crippen molar-refractivity contribution < 1.29 is 14.6 Å². The Balaban J connectivity index is 2.21. The molecule has 30 heavy (non-hydrogen) atoms. The van der Waals surface area contributed by atoms with E-state index in [2.05, 4.69) is 16.8 Å². The highest BCUT2D eigenvalue weighted by Crippen LogP contribution is 2.18. The molecule has 11 nitrogen and oxygen atoms in total. The number of methoxy groups -OCH3 is 1. The number of hydrazone groups is 1. The van der Waals surface area contributed by atoms with Crippen molar-refractivity contribution in [1.82, 2.24) is 14.1 Å². The molecule has 2 aromatic rings. The van der Waals surface area contributed by atoms with Crippen LogP contribution in [0.2, 0.25) is 0 Å². The highest BCUT2D eigenvalue weighted by atomic mass is 16.5. The molecule has 0 spiro atoms. The van der Waals surface area contributed by atoms with E-state index < -0.39 is 23.3 Å². The summed E-state index contributed by atoms with van der Waals surface area (Å²) in [4.78, 5) is 39.5. The number of aliphatic hydroxyl groups excluding tert-OH is 1. The number of benzene rings is 1. The molecule has 3 N–H and O–H groups in total. The molecule has 1 heterocycles. The molecule has 1 atom stereocenters. The predicted octanol–water partition coefficient (Wildman–Crippen LogP) is -0.666. The Kier molecular flexibility index (Phi) is 7.26. The van der Waals surface area contributed by atoms with Gasteiger partial charge < -0.3 is 15.6 Å². The van der Waals surface area contributed by atoms with E-state index in [1.165, 1.54) is 12.1 Å². The molecule has 1 amide bonds. The zero-order chi connectivity index (χ0) is 22.4. The molecule has 0 aliphatic carbocycles. The van der Waals surface area contributed by atoms with Gasteiger partial charge in [0.2, 0.25) is 0 Å². The molecule has 11 heteroatoms. The molecule has 0 bridgehead atoms. The van der Waals surface area contributed by atoms with Gasteiger partial charge in [0.05, 0.1) is 26.3 Å². The molecule has 1 aromatic heterocycles.